The van der Waals surface area contributed by atoms with Gasteiger partial charge in [-0.05, 0) is 35.4 Å². The summed E-state index contributed by atoms with van der Waals surface area (Å²) < 4.78 is 6.01. The number of hydrogen-bond acceptors (Lipinski definition) is 9. The van der Waals surface area contributed by atoms with Crippen molar-refractivity contribution < 1.29 is 14.6 Å². The van der Waals surface area contributed by atoms with Crippen LogP contribution in [0.25, 0.3) is 21.8 Å². The Bertz CT molecular complexity index is 1470. The minimum Gasteiger partial charge on any atom is -0.481 e. The second kappa shape index (κ2) is 7.72. The first-order chi connectivity index (χ1) is 16.2. The number of aliphatic carboxylic acids is 1. The lowest BCUT2D eigenvalue weighted by Crippen LogP contribution is -2.52. The van der Waals surface area contributed by atoms with E-state index in [1.807, 2.05) is 24.3 Å². The van der Waals surface area contributed by atoms with E-state index in [1.165, 1.54) is 7.11 Å². The van der Waals surface area contributed by atoms with Gasteiger partial charge < -0.3 is 27.0 Å². The topological polar surface area (TPSA) is 176 Å². The number of nitrogens with zero attached hydrogens (tertiary/aromatic N) is 4. The first-order valence-corrected chi connectivity index (χ1v) is 10.6. The van der Waals surface area contributed by atoms with E-state index in [0.29, 0.717) is 22.0 Å². The molecule has 3 unspecified atom stereocenters. The molecule has 0 aliphatic heterocycles. The monoisotopic (exact) mass is 457 g/mol. The molecule has 1 aliphatic carbocycles. The Hall–Kier alpha value is -4.15. The number of carboxylic acids is 1. The highest BCUT2D eigenvalue weighted by Gasteiger charge is 2.51. The molecule has 172 valence electrons. The van der Waals surface area contributed by atoms with Crippen LogP contribution in [0.1, 0.15) is 17.5 Å². The summed E-state index contributed by atoms with van der Waals surface area (Å²) in [6.07, 6.45) is 6.74. The third-order valence-corrected chi connectivity index (χ3v) is 6.50. The molecule has 10 nitrogen and oxygen atoms in total. The number of carboxylic acid groups (broad SMARTS) is 1. The molecule has 34 heavy (non-hydrogen) atoms. The number of methoxy groups -OCH3 is 1. The Morgan fingerprint density at radius 2 is 1.56 bits per heavy atom. The number of benzene rings is 2. The van der Waals surface area contributed by atoms with E-state index in [2.05, 4.69) is 19.9 Å². The zero-order valence-corrected chi connectivity index (χ0v) is 18.3. The molecule has 10 heteroatoms. The third kappa shape index (κ3) is 3.40. The highest BCUT2D eigenvalue weighted by Crippen LogP contribution is 2.48. The van der Waals surface area contributed by atoms with Crippen molar-refractivity contribution in [3.05, 3.63) is 72.1 Å². The Morgan fingerprint density at radius 3 is 2.12 bits per heavy atom. The Kier molecular flexibility index (Phi) is 4.92. The number of nitrogens with two attached hydrogens (primary N) is 3. The SMILES string of the molecule is COC1(c2ccc3nc(N)ncc3c2)CC(N)(c2ccc3nc(N)ncc3c2)C=CC1C(=O)O. The largest absolute Gasteiger partial charge is 0.481 e. The average molecular weight is 457 g/mol. The standard InChI is InChI=1S/C24H23N7O3/c1-34-24(16-3-5-19-14(9-16)11-29-22(26)31-19)12-23(27,7-6-17(24)20(32)33)15-2-4-18-13(8-15)10-28-21(25)30-18/h2-11,17H,12,27H2,1H3,(H,32,33)(H2,25,28,30)(H2,26,29,31). The van der Waals surface area contributed by atoms with Gasteiger partial charge in [0.15, 0.2) is 0 Å². The molecule has 0 saturated heterocycles. The van der Waals surface area contributed by atoms with Crippen molar-refractivity contribution >= 4 is 39.7 Å². The van der Waals surface area contributed by atoms with E-state index < -0.39 is 23.0 Å². The number of rotatable bonds is 4. The second-order valence-electron chi connectivity index (χ2n) is 8.49. The lowest BCUT2D eigenvalue weighted by Gasteiger charge is -2.46. The summed E-state index contributed by atoms with van der Waals surface area (Å²) >= 11 is 0. The number of carbonyl (C=O) groups is 1. The average Bonchev–Trinajstić information content (AvgIpc) is 2.82. The lowest BCUT2D eigenvalue weighted by molar-refractivity contribution is -0.155. The molecular formula is C24H23N7O3. The van der Waals surface area contributed by atoms with Crippen LogP contribution in [0, 0.1) is 5.92 Å². The molecule has 3 atom stereocenters. The van der Waals surface area contributed by atoms with E-state index >= 15 is 0 Å². The molecule has 0 saturated carbocycles. The number of aromatic nitrogens is 4. The minimum absolute atomic E-state index is 0.161. The van der Waals surface area contributed by atoms with Gasteiger partial charge in [0.25, 0.3) is 0 Å². The molecule has 0 spiro atoms. The normalized spacial score (nSPS) is 24.5. The van der Waals surface area contributed by atoms with Gasteiger partial charge in [-0.2, -0.15) is 0 Å². The Morgan fingerprint density at radius 1 is 1.00 bits per heavy atom. The van der Waals surface area contributed by atoms with Crippen molar-refractivity contribution in [1.29, 1.82) is 0 Å². The molecular weight excluding hydrogens is 434 g/mol. The second-order valence-corrected chi connectivity index (χ2v) is 8.49. The molecule has 0 radical (unpaired) electrons. The fourth-order valence-corrected chi connectivity index (χ4v) is 4.75. The van der Waals surface area contributed by atoms with Crippen LogP contribution in [0.4, 0.5) is 11.9 Å². The molecule has 0 amide bonds. The molecule has 1 aliphatic rings. The van der Waals surface area contributed by atoms with Gasteiger partial charge in [-0.15, -0.1) is 0 Å². The predicted octanol–water partition coefficient (Wildman–Crippen LogP) is 2.09. The van der Waals surface area contributed by atoms with Crippen LogP contribution in [0.5, 0.6) is 0 Å². The maximum Gasteiger partial charge on any atom is 0.313 e. The first kappa shape index (κ1) is 21.7. The number of ether oxygens (including phenoxy) is 1. The number of hydrogen-bond donors (Lipinski definition) is 4. The van der Waals surface area contributed by atoms with Crippen molar-refractivity contribution in [2.75, 3.05) is 18.6 Å². The van der Waals surface area contributed by atoms with Crippen LogP contribution in [0.3, 0.4) is 0 Å². The van der Waals surface area contributed by atoms with Gasteiger partial charge in [0.2, 0.25) is 11.9 Å². The van der Waals surface area contributed by atoms with Crippen LogP contribution in [0.2, 0.25) is 0 Å². The van der Waals surface area contributed by atoms with E-state index in [0.717, 1.165) is 10.9 Å². The van der Waals surface area contributed by atoms with E-state index in [4.69, 9.17) is 21.9 Å². The number of nitrogen functional groups attached to an aromatic ring is 2. The van der Waals surface area contributed by atoms with Gasteiger partial charge in [-0.1, -0.05) is 24.3 Å². The molecule has 2 aromatic heterocycles. The molecule has 7 N–H and O–H groups in total. The smallest absolute Gasteiger partial charge is 0.313 e. The summed E-state index contributed by atoms with van der Waals surface area (Å²) in [5, 5.41) is 11.6. The van der Waals surface area contributed by atoms with Crippen molar-refractivity contribution in [1.82, 2.24) is 19.9 Å². The summed E-state index contributed by atoms with van der Waals surface area (Å²) in [5.74, 6) is -1.64. The van der Waals surface area contributed by atoms with Crippen LogP contribution in [-0.2, 0) is 20.7 Å². The predicted molar refractivity (Wildman–Crippen MR) is 127 cm³/mol. The van der Waals surface area contributed by atoms with Crippen molar-refractivity contribution in [2.24, 2.45) is 11.7 Å². The zero-order valence-electron chi connectivity index (χ0n) is 18.3. The maximum absolute atomic E-state index is 12.3. The van der Waals surface area contributed by atoms with Crippen LogP contribution >= 0.6 is 0 Å². The fraction of sp³-hybridized carbons (Fsp3) is 0.208. The van der Waals surface area contributed by atoms with Crippen molar-refractivity contribution in [3.63, 3.8) is 0 Å². The van der Waals surface area contributed by atoms with Gasteiger partial charge >= 0.3 is 5.97 Å². The van der Waals surface area contributed by atoms with Gasteiger partial charge in [-0.3, -0.25) is 4.79 Å². The first-order valence-electron chi connectivity index (χ1n) is 10.6. The zero-order chi connectivity index (χ0) is 24.1. The summed E-state index contributed by atoms with van der Waals surface area (Å²) in [4.78, 5) is 28.9. The van der Waals surface area contributed by atoms with Gasteiger partial charge in [0, 0.05) is 36.7 Å². The Labute approximate surface area is 194 Å². The van der Waals surface area contributed by atoms with Gasteiger partial charge in [-0.25, -0.2) is 19.9 Å². The van der Waals surface area contributed by atoms with Crippen LogP contribution < -0.4 is 17.2 Å². The van der Waals surface area contributed by atoms with Crippen molar-refractivity contribution in [2.45, 2.75) is 17.6 Å². The molecule has 4 aromatic rings. The maximum atomic E-state index is 12.3. The van der Waals surface area contributed by atoms with Crippen LogP contribution in [0.15, 0.2) is 60.9 Å². The van der Waals surface area contributed by atoms with Gasteiger partial charge in [0.05, 0.1) is 16.6 Å². The third-order valence-electron chi connectivity index (χ3n) is 6.50. The number of fused-ring (bicyclic) bond motifs is 2. The molecule has 2 aromatic carbocycles. The Balaban J connectivity index is 1.66. The molecule has 5 rings (SSSR count). The van der Waals surface area contributed by atoms with E-state index in [1.54, 1.807) is 36.7 Å². The minimum atomic E-state index is -1.25. The summed E-state index contributed by atoms with van der Waals surface area (Å²) in [6.45, 7) is 0. The molecule has 0 fully saturated rings. The summed E-state index contributed by atoms with van der Waals surface area (Å²) in [7, 11) is 1.50. The molecule has 0 bridgehead atoms. The quantitative estimate of drug-likeness (QED) is 0.332. The fourth-order valence-electron chi connectivity index (χ4n) is 4.75. The highest BCUT2D eigenvalue weighted by atomic mass is 16.5. The van der Waals surface area contributed by atoms with Crippen molar-refractivity contribution in [3.8, 4) is 0 Å². The summed E-state index contributed by atoms with van der Waals surface area (Å²) in [6, 6.07) is 11.0. The summed E-state index contributed by atoms with van der Waals surface area (Å²) in [5.41, 5.74) is 18.8. The highest BCUT2D eigenvalue weighted by molar-refractivity contribution is 5.82. The van der Waals surface area contributed by atoms with E-state index in [9.17, 15) is 9.90 Å². The van der Waals surface area contributed by atoms with Gasteiger partial charge in [0.1, 0.15) is 11.5 Å². The molecule has 2 heterocycles. The number of anilines is 2. The lowest BCUT2D eigenvalue weighted by atomic mass is 9.66. The van der Waals surface area contributed by atoms with E-state index in [-0.39, 0.29) is 18.3 Å². The van der Waals surface area contributed by atoms with Crippen LogP contribution in [-0.4, -0.2) is 38.1 Å².